The monoisotopic (exact) mass is 417 g/mol. The quantitative estimate of drug-likeness (QED) is 0.562. The Hall–Kier alpha value is -2.42. The first-order valence-electron chi connectivity index (χ1n) is 8.64. The summed E-state index contributed by atoms with van der Waals surface area (Å²) in [6.45, 7) is 2.91. The molecular weight excluding hydrogens is 398 g/mol. The van der Waals surface area contributed by atoms with Gasteiger partial charge in [0.05, 0.1) is 18.4 Å². The molecule has 1 N–H and O–H groups in total. The van der Waals surface area contributed by atoms with Gasteiger partial charge in [-0.1, -0.05) is 29.4 Å². The third-order valence-corrected chi connectivity index (χ3v) is 5.23. The number of ether oxygens (including phenoxy) is 1. The Balaban J connectivity index is 1.77. The number of anilines is 1. The molecule has 1 aromatic carbocycles. The Morgan fingerprint density at radius 3 is 2.79 bits per heavy atom. The molecule has 28 heavy (non-hydrogen) atoms. The fraction of sp³-hybridized carbons (Fsp3) is 0.263. The molecule has 0 bridgehead atoms. The van der Waals surface area contributed by atoms with Crippen LogP contribution in [0.2, 0.25) is 5.02 Å². The number of rotatable bonds is 8. The number of nitrogens with one attached hydrogen (secondary N) is 1. The van der Waals surface area contributed by atoms with Crippen molar-refractivity contribution in [2.24, 2.45) is 0 Å². The van der Waals surface area contributed by atoms with Crippen molar-refractivity contribution < 1.29 is 9.53 Å². The van der Waals surface area contributed by atoms with Gasteiger partial charge in [0, 0.05) is 35.8 Å². The van der Waals surface area contributed by atoms with E-state index in [1.807, 2.05) is 23.6 Å². The van der Waals surface area contributed by atoms with Gasteiger partial charge < -0.3 is 10.1 Å². The summed E-state index contributed by atoms with van der Waals surface area (Å²) >= 11 is 7.31. The van der Waals surface area contributed by atoms with E-state index in [0.29, 0.717) is 34.8 Å². The predicted molar refractivity (Wildman–Crippen MR) is 111 cm³/mol. The molecule has 1 atom stereocenters. The topological polar surface area (TPSA) is 81.9 Å². The van der Waals surface area contributed by atoms with Gasteiger partial charge in [-0.05, 0) is 37.3 Å². The molecule has 0 unspecified atom stereocenters. The number of carbonyl (C=O) groups excluding carboxylic acids is 1. The van der Waals surface area contributed by atoms with E-state index in [0.717, 1.165) is 5.56 Å². The first kappa shape index (κ1) is 20.3. The SMILES string of the molecule is COCCn1c(S[C@H](C)C(=O)Nc2cccc(Cl)c2)nnc1-c1ccncc1. The van der Waals surface area contributed by atoms with E-state index in [1.54, 1.807) is 43.8 Å². The Labute approximate surface area is 172 Å². The lowest BCUT2D eigenvalue weighted by molar-refractivity contribution is -0.115. The molecule has 0 radical (unpaired) electrons. The number of hydrogen-bond acceptors (Lipinski definition) is 6. The maximum atomic E-state index is 12.6. The van der Waals surface area contributed by atoms with Crippen molar-refractivity contribution in [3.8, 4) is 11.4 Å². The first-order chi connectivity index (χ1) is 13.6. The standard InChI is InChI=1S/C19H20ClN5O2S/c1-13(18(26)22-16-5-3-4-15(20)12-16)28-19-24-23-17(25(19)10-11-27-2)14-6-8-21-9-7-14/h3-9,12-13H,10-11H2,1-2H3,(H,22,26)/t13-/m1/s1. The van der Waals surface area contributed by atoms with E-state index in [4.69, 9.17) is 16.3 Å². The summed E-state index contributed by atoms with van der Waals surface area (Å²) in [7, 11) is 1.64. The minimum absolute atomic E-state index is 0.140. The van der Waals surface area contributed by atoms with E-state index in [9.17, 15) is 4.79 Å². The molecule has 3 aromatic rings. The van der Waals surface area contributed by atoms with Crippen LogP contribution in [0.15, 0.2) is 53.9 Å². The molecule has 2 heterocycles. The highest BCUT2D eigenvalue weighted by molar-refractivity contribution is 8.00. The summed E-state index contributed by atoms with van der Waals surface area (Å²) < 4.78 is 7.16. The minimum Gasteiger partial charge on any atom is -0.383 e. The fourth-order valence-electron chi connectivity index (χ4n) is 2.50. The predicted octanol–water partition coefficient (Wildman–Crippen LogP) is 3.76. The molecule has 1 amide bonds. The molecule has 3 rings (SSSR count). The van der Waals surface area contributed by atoms with Crippen LogP contribution in [0.5, 0.6) is 0 Å². The largest absolute Gasteiger partial charge is 0.383 e. The molecule has 0 saturated carbocycles. The van der Waals surface area contributed by atoms with E-state index in [-0.39, 0.29) is 11.2 Å². The summed E-state index contributed by atoms with van der Waals surface area (Å²) in [6.07, 6.45) is 3.41. The molecular formula is C19H20ClN5O2S. The van der Waals surface area contributed by atoms with Crippen molar-refractivity contribution in [1.29, 1.82) is 0 Å². The van der Waals surface area contributed by atoms with Gasteiger partial charge in [-0.3, -0.25) is 14.3 Å². The number of aromatic nitrogens is 4. The number of thioether (sulfide) groups is 1. The lowest BCUT2D eigenvalue weighted by atomic mass is 10.2. The highest BCUT2D eigenvalue weighted by Gasteiger charge is 2.21. The van der Waals surface area contributed by atoms with Crippen molar-refractivity contribution >= 4 is 35.0 Å². The van der Waals surface area contributed by atoms with Gasteiger partial charge in [-0.25, -0.2) is 0 Å². The Kier molecular flexibility index (Phi) is 7.02. The van der Waals surface area contributed by atoms with Gasteiger partial charge >= 0.3 is 0 Å². The van der Waals surface area contributed by atoms with Gasteiger partial charge in [0.1, 0.15) is 0 Å². The highest BCUT2D eigenvalue weighted by Crippen LogP contribution is 2.27. The van der Waals surface area contributed by atoms with Crippen LogP contribution in [0.3, 0.4) is 0 Å². The number of nitrogens with zero attached hydrogens (tertiary/aromatic N) is 4. The Morgan fingerprint density at radius 1 is 1.29 bits per heavy atom. The number of methoxy groups -OCH3 is 1. The van der Waals surface area contributed by atoms with Crippen LogP contribution in [0, 0.1) is 0 Å². The normalized spacial score (nSPS) is 12.0. The van der Waals surface area contributed by atoms with Crippen LogP contribution in [0.1, 0.15) is 6.92 Å². The second kappa shape index (κ2) is 9.68. The third-order valence-electron chi connectivity index (χ3n) is 3.92. The van der Waals surface area contributed by atoms with E-state index >= 15 is 0 Å². The third kappa shape index (κ3) is 5.09. The molecule has 0 saturated heterocycles. The van der Waals surface area contributed by atoms with Gasteiger partial charge in [-0.2, -0.15) is 0 Å². The molecule has 2 aromatic heterocycles. The second-order valence-corrected chi connectivity index (χ2v) is 7.69. The van der Waals surface area contributed by atoms with E-state index in [2.05, 4.69) is 20.5 Å². The van der Waals surface area contributed by atoms with Gasteiger partial charge in [0.15, 0.2) is 11.0 Å². The molecule has 0 aliphatic heterocycles. The van der Waals surface area contributed by atoms with Crippen molar-refractivity contribution in [1.82, 2.24) is 19.7 Å². The van der Waals surface area contributed by atoms with Crippen molar-refractivity contribution in [2.45, 2.75) is 23.9 Å². The van der Waals surface area contributed by atoms with Crippen LogP contribution in [-0.2, 0) is 16.1 Å². The van der Waals surface area contributed by atoms with E-state index in [1.165, 1.54) is 11.8 Å². The van der Waals surface area contributed by atoms with Crippen LogP contribution >= 0.6 is 23.4 Å². The smallest absolute Gasteiger partial charge is 0.237 e. The zero-order valence-corrected chi connectivity index (χ0v) is 17.1. The average Bonchev–Trinajstić information content (AvgIpc) is 3.09. The minimum atomic E-state index is -0.380. The summed E-state index contributed by atoms with van der Waals surface area (Å²) in [5.41, 5.74) is 1.56. The lowest BCUT2D eigenvalue weighted by Gasteiger charge is -2.14. The summed E-state index contributed by atoms with van der Waals surface area (Å²) in [6, 6.07) is 10.8. The molecule has 0 aliphatic carbocycles. The number of pyridine rings is 1. The number of hydrogen-bond donors (Lipinski definition) is 1. The van der Waals surface area contributed by atoms with E-state index < -0.39 is 0 Å². The Morgan fingerprint density at radius 2 is 2.07 bits per heavy atom. The zero-order chi connectivity index (χ0) is 19.9. The Bertz CT molecular complexity index is 935. The second-order valence-electron chi connectivity index (χ2n) is 5.95. The highest BCUT2D eigenvalue weighted by atomic mass is 35.5. The summed E-state index contributed by atoms with van der Waals surface area (Å²) in [4.78, 5) is 16.6. The van der Waals surface area contributed by atoms with Crippen LogP contribution in [-0.4, -0.2) is 44.6 Å². The fourth-order valence-corrected chi connectivity index (χ4v) is 3.56. The average molecular weight is 418 g/mol. The van der Waals surface area contributed by atoms with Crippen molar-refractivity contribution in [2.75, 3.05) is 19.0 Å². The molecule has 7 nitrogen and oxygen atoms in total. The molecule has 0 aliphatic rings. The van der Waals surface area contributed by atoms with Crippen LogP contribution < -0.4 is 5.32 Å². The van der Waals surface area contributed by atoms with Gasteiger partial charge in [0.2, 0.25) is 5.91 Å². The number of halogens is 1. The van der Waals surface area contributed by atoms with Crippen LogP contribution in [0.4, 0.5) is 5.69 Å². The first-order valence-corrected chi connectivity index (χ1v) is 9.90. The molecule has 0 fully saturated rings. The maximum Gasteiger partial charge on any atom is 0.237 e. The maximum absolute atomic E-state index is 12.6. The summed E-state index contributed by atoms with van der Waals surface area (Å²) in [5, 5.41) is 12.3. The number of carbonyl (C=O) groups is 1. The van der Waals surface area contributed by atoms with Crippen LogP contribution in [0.25, 0.3) is 11.4 Å². The van der Waals surface area contributed by atoms with Gasteiger partial charge in [0.25, 0.3) is 0 Å². The molecule has 0 spiro atoms. The summed E-state index contributed by atoms with van der Waals surface area (Å²) in [5.74, 6) is 0.573. The number of benzene rings is 1. The molecule has 9 heteroatoms. The lowest BCUT2D eigenvalue weighted by Crippen LogP contribution is -2.23. The molecule has 146 valence electrons. The zero-order valence-electron chi connectivity index (χ0n) is 15.5. The van der Waals surface area contributed by atoms with Gasteiger partial charge in [-0.15, -0.1) is 10.2 Å². The van der Waals surface area contributed by atoms with Crippen molar-refractivity contribution in [3.05, 3.63) is 53.8 Å². The number of amides is 1. The van der Waals surface area contributed by atoms with Crippen molar-refractivity contribution in [3.63, 3.8) is 0 Å².